The number of rotatable bonds is 2. The van der Waals surface area contributed by atoms with Gasteiger partial charge in [-0.3, -0.25) is 4.79 Å². The molecule has 0 aromatic heterocycles. The van der Waals surface area contributed by atoms with Gasteiger partial charge in [-0.2, -0.15) is 0 Å². The second-order valence-electron chi connectivity index (χ2n) is 3.94. The van der Waals surface area contributed by atoms with Crippen molar-refractivity contribution in [2.45, 2.75) is 19.8 Å². The molecule has 0 radical (unpaired) electrons. The zero-order chi connectivity index (χ0) is 11.7. The van der Waals surface area contributed by atoms with Crippen LogP contribution in [0.25, 0.3) is 0 Å². The molecular formula is C12H14O4. The average Bonchev–Trinajstić information content (AvgIpc) is 2.26. The molecule has 1 aromatic carbocycles. The number of hydrogen-bond acceptors (Lipinski definition) is 3. The molecule has 0 saturated carbocycles. The van der Waals surface area contributed by atoms with Crippen LogP contribution in [-0.4, -0.2) is 24.3 Å². The van der Waals surface area contributed by atoms with Gasteiger partial charge >= 0.3 is 5.97 Å². The molecule has 1 atom stereocenters. The third-order valence-electron chi connectivity index (χ3n) is 2.65. The second-order valence-corrected chi connectivity index (χ2v) is 3.94. The first-order chi connectivity index (χ1) is 7.59. The number of ether oxygens (including phenoxy) is 2. The predicted molar refractivity (Wildman–Crippen MR) is 58.2 cm³/mol. The van der Waals surface area contributed by atoms with Crippen LogP contribution in [0, 0.1) is 6.92 Å². The van der Waals surface area contributed by atoms with Gasteiger partial charge in [-0.1, -0.05) is 6.07 Å². The Balaban J connectivity index is 2.51. The van der Waals surface area contributed by atoms with Crippen molar-refractivity contribution in [3.05, 3.63) is 23.3 Å². The standard InChI is InChI=1S/C12H14O4/c1-7-5-9(8(2)12(13)14)11-10(6-7)15-3-4-16-11/h5-6,8H,3-4H2,1-2H3,(H,13,14). The molecule has 0 aliphatic carbocycles. The van der Waals surface area contributed by atoms with Crippen molar-refractivity contribution in [3.63, 3.8) is 0 Å². The van der Waals surface area contributed by atoms with Gasteiger partial charge in [0.2, 0.25) is 0 Å². The van der Waals surface area contributed by atoms with E-state index in [2.05, 4.69) is 0 Å². The lowest BCUT2D eigenvalue weighted by molar-refractivity contribution is -0.138. The summed E-state index contributed by atoms with van der Waals surface area (Å²) in [6.07, 6.45) is 0. The summed E-state index contributed by atoms with van der Waals surface area (Å²) >= 11 is 0. The summed E-state index contributed by atoms with van der Waals surface area (Å²) in [5, 5.41) is 9.03. The Bertz CT molecular complexity index is 425. The van der Waals surface area contributed by atoms with Crippen LogP contribution < -0.4 is 9.47 Å². The van der Waals surface area contributed by atoms with Crippen molar-refractivity contribution in [1.82, 2.24) is 0 Å². The van der Waals surface area contributed by atoms with E-state index in [-0.39, 0.29) is 0 Å². The highest BCUT2D eigenvalue weighted by molar-refractivity contribution is 5.77. The lowest BCUT2D eigenvalue weighted by Crippen LogP contribution is -2.19. The molecule has 0 fully saturated rings. The van der Waals surface area contributed by atoms with Crippen molar-refractivity contribution in [3.8, 4) is 11.5 Å². The summed E-state index contributed by atoms with van der Waals surface area (Å²) in [7, 11) is 0. The van der Waals surface area contributed by atoms with Gasteiger partial charge in [0.25, 0.3) is 0 Å². The van der Waals surface area contributed by atoms with Crippen LogP contribution in [0.15, 0.2) is 12.1 Å². The SMILES string of the molecule is Cc1cc2c(c(C(C)C(=O)O)c1)OCCO2. The van der Waals surface area contributed by atoms with E-state index in [0.717, 1.165) is 5.56 Å². The summed E-state index contributed by atoms with van der Waals surface area (Å²) in [6.45, 7) is 4.54. The molecule has 0 spiro atoms. The average molecular weight is 222 g/mol. The molecule has 1 aliphatic rings. The second kappa shape index (κ2) is 4.04. The lowest BCUT2D eigenvalue weighted by atomic mass is 9.97. The Morgan fingerprint density at radius 1 is 1.38 bits per heavy atom. The lowest BCUT2D eigenvalue weighted by Gasteiger charge is -2.23. The third-order valence-corrected chi connectivity index (χ3v) is 2.65. The Labute approximate surface area is 93.8 Å². The Morgan fingerprint density at radius 2 is 2.06 bits per heavy atom. The summed E-state index contributed by atoms with van der Waals surface area (Å²) in [5.74, 6) is -0.224. The van der Waals surface area contributed by atoms with Gasteiger partial charge < -0.3 is 14.6 Å². The largest absolute Gasteiger partial charge is 0.486 e. The van der Waals surface area contributed by atoms with E-state index in [9.17, 15) is 4.79 Å². The maximum atomic E-state index is 11.0. The van der Waals surface area contributed by atoms with Crippen LogP contribution >= 0.6 is 0 Å². The molecule has 16 heavy (non-hydrogen) atoms. The fraction of sp³-hybridized carbons (Fsp3) is 0.417. The molecule has 1 aromatic rings. The summed E-state index contributed by atoms with van der Waals surface area (Å²) in [4.78, 5) is 11.0. The fourth-order valence-electron chi connectivity index (χ4n) is 1.78. The molecule has 4 heteroatoms. The van der Waals surface area contributed by atoms with E-state index >= 15 is 0 Å². The fourth-order valence-corrected chi connectivity index (χ4v) is 1.78. The normalized spacial score (nSPS) is 15.6. The Kier molecular flexibility index (Phi) is 2.73. The summed E-state index contributed by atoms with van der Waals surface area (Å²) in [6, 6.07) is 3.71. The number of hydrogen-bond donors (Lipinski definition) is 1. The van der Waals surface area contributed by atoms with Crippen molar-refractivity contribution < 1.29 is 19.4 Å². The molecule has 0 saturated heterocycles. The molecule has 1 unspecified atom stereocenters. The van der Waals surface area contributed by atoms with E-state index in [0.29, 0.717) is 30.3 Å². The molecule has 4 nitrogen and oxygen atoms in total. The molecular weight excluding hydrogens is 208 g/mol. The van der Waals surface area contributed by atoms with E-state index in [4.69, 9.17) is 14.6 Å². The van der Waals surface area contributed by atoms with Crippen molar-refractivity contribution in [2.75, 3.05) is 13.2 Å². The number of carbonyl (C=O) groups is 1. The highest BCUT2D eigenvalue weighted by atomic mass is 16.6. The molecule has 0 amide bonds. The highest BCUT2D eigenvalue weighted by Gasteiger charge is 2.24. The quantitative estimate of drug-likeness (QED) is 0.831. The van der Waals surface area contributed by atoms with Gasteiger partial charge in [0, 0.05) is 5.56 Å². The van der Waals surface area contributed by atoms with Crippen LogP contribution in [0.5, 0.6) is 11.5 Å². The highest BCUT2D eigenvalue weighted by Crippen LogP contribution is 2.38. The third kappa shape index (κ3) is 1.83. The first kappa shape index (κ1) is 10.8. The van der Waals surface area contributed by atoms with Gasteiger partial charge in [-0.15, -0.1) is 0 Å². The number of carboxylic acid groups (broad SMARTS) is 1. The van der Waals surface area contributed by atoms with Crippen molar-refractivity contribution in [1.29, 1.82) is 0 Å². The van der Waals surface area contributed by atoms with Gasteiger partial charge in [-0.05, 0) is 25.5 Å². The van der Waals surface area contributed by atoms with Gasteiger partial charge in [-0.25, -0.2) is 0 Å². The molecule has 2 rings (SSSR count). The number of fused-ring (bicyclic) bond motifs is 1. The van der Waals surface area contributed by atoms with Crippen LogP contribution in [0.3, 0.4) is 0 Å². The van der Waals surface area contributed by atoms with Gasteiger partial charge in [0.15, 0.2) is 11.5 Å². The van der Waals surface area contributed by atoms with Crippen LogP contribution in [0.2, 0.25) is 0 Å². The first-order valence-electron chi connectivity index (χ1n) is 5.22. The predicted octanol–water partition coefficient (Wildman–Crippen LogP) is 1.95. The zero-order valence-corrected chi connectivity index (χ0v) is 9.32. The number of carboxylic acids is 1. The Morgan fingerprint density at radius 3 is 2.75 bits per heavy atom. The van der Waals surface area contributed by atoms with Crippen LogP contribution in [-0.2, 0) is 4.79 Å². The number of aryl methyl sites for hydroxylation is 1. The van der Waals surface area contributed by atoms with Gasteiger partial charge in [0.1, 0.15) is 13.2 Å². The van der Waals surface area contributed by atoms with Crippen LogP contribution in [0.1, 0.15) is 24.0 Å². The van der Waals surface area contributed by atoms with E-state index in [1.165, 1.54) is 0 Å². The van der Waals surface area contributed by atoms with Crippen LogP contribution in [0.4, 0.5) is 0 Å². The summed E-state index contributed by atoms with van der Waals surface area (Å²) in [5.41, 5.74) is 1.66. The molecule has 0 bridgehead atoms. The minimum Gasteiger partial charge on any atom is -0.486 e. The topological polar surface area (TPSA) is 55.8 Å². The number of aliphatic carboxylic acids is 1. The van der Waals surface area contributed by atoms with Crippen molar-refractivity contribution >= 4 is 5.97 Å². The first-order valence-corrected chi connectivity index (χ1v) is 5.22. The zero-order valence-electron chi connectivity index (χ0n) is 9.32. The molecule has 1 N–H and O–H groups in total. The van der Waals surface area contributed by atoms with E-state index in [1.807, 2.05) is 19.1 Å². The summed E-state index contributed by atoms with van der Waals surface area (Å²) < 4.78 is 10.9. The minimum atomic E-state index is -0.859. The van der Waals surface area contributed by atoms with Crippen molar-refractivity contribution in [2.24, 2.45) is 0 Å². The molecule has 1 aliphatic heterocycles. The minimum absolute atomic E-state index is 0.468. The Hall–Kier alpha value is -1.71. The van der Waals surface area contributed by atoms with E-state index < -0.39 is 11.9 Å². The number of benzene rings is 1. The van der Waals surface area contributed by atoms with E-state index in [1.54, 1.807) is 6.92 Å². The maximum absolute atomic E-state index is 11.0. The van der Waals surface area contributed by atoms with Gasteiger partial charge in [0.05, 0.1) is 5.92 Å². The molecule has 86 valence electrons. The smallest absolute Gasteiger partial charge is 0.310 e. The molecule has 1 heterocycles. The maximum Gasteiger partial charge on any atom is 0.310 e. The monoisotopic (exact) mass is 222 g/mol.